The third-order valence-electron chi connectivity index (χ3n) is 9.27. The lowest BCUT2D eigenvalue weighted by molar-refractivity contribution is -0.308. The van der Waals surface area contributed by atoms with Gasteiger partial charge < -0.3 is 42.8 Å². The standard InChI is InChI=1S/C43H63N2O14P/c1-6-7-8-9-10-11-12-13-14-15-16-23-28-44-42(50)37(45-60(51,58-35-24-19-17-20-25-35)59-36-26-21-18-22-27-36)29-53-43-41(56-34(5)49)40(55-33(4)48)39(54-32(3)47)38(57-43)30-52-31(2)46/h17-22,24-27,37-41,43H,6-16,23,28-30H2,1-5H3,(H,44,50)(H,45,51)/t37?,38-,39+,40+,41-,43-/m1/s1. The highest BCUT2D eigenvalue weighted by molar-refractivity contribution is 7.52. The first kappa shape index (κ1) is 49.9. The molecular weight excluding hydrogens is 799 g/mol. The number of unbranched alkanes of at least 4 members (excludes halogenated alkanes) is 11. The molecule has 1 unspecified atom stereocenters. The van der Waals surface area contributed by atoms with E-state index in [0.29, 0.717) is 13.0 Å². The van der Waals surface area contributed by atoms with Crippen LogP contribution in [-0.4, -0.2) is 86.3 Å². The lowest BCUT2D eigenvalue weighted by Gasteiger charge is -2.44. The van der Waals surface area contributed by atoms with E-state index in [0.717, 1.165) is 47.0 Å². The average Bonchev–Trinajstić information content (AvgIpc) is 3.19. The van der Waals surface area contributed by atoms with Gasteiger partial charge in [0.05, 0.1) is 6.61 Å². The smallest absolute Gasteiger partial charge is 0.463 e. The molecule has 2 N–H and O–H groups in total. The molecular formula is C43H63N2O14P. The quantitative estimate of drug-likeness (QED) is 0.0379. The van der Waals surface area contributed by atoms with E-state index >= 15 is 0 Å². The molecule has 17 heteroatoms. The van der Waals surface area contributed by atoms with Crippen molar-refractivity contribution in [2.75, 3.05) is 19.8 Å². The molecule has 0 saturated carbocycles. The number of carbonyl (C=O) groups excluding carboxylic acids is 5. The van der Waals surface area contributed by atoms with E-state index in [4.69, 9.17) is 37.5 Å². The van der Waals surface area contributed by atoms with E-state index in [1.54, 1.807) is 60.7 Å². The van der Waals surface area contributed by atoms with Crippen LogP contribution >= 0.6 is 7.75 Å². The van der Waals surface area contributed by atoms with Gasteiger partial charge in [-0.25, -0.2) is 4.57 Å². The molecule has 1 heterocycles. The minimum atomic E-state index is -4.44. The molecule has 2 aromatic rings. The zero-order valence-electron chi connectivity index (χ0n) is 35.5. The van der Waals surface area contributed by atoms with Crippen molar-refractivity contribution < 1.29 is 66.0 Å². The van der Waals surface area contributed by atoms with Gasteiger partial charge in [-0.2, -0.15) is 5.09 Å². The number of esters is 4. The Morgan fingerprint density at radius 2 is 1.10 bits per heavy atom. The Bertz CT molecular complexity index is 1600. The Balaban J connectivity index is 1.84. The Hall–Kier alpha value is -4.50. The van der Waals surface area contributed by atoms with Gasteiger partial charge in [0.2, 0.25) is 5.91 Å². The van der Waals surface area contributed by atoms with E-state index < -0.39 is 87.5 Å². The molecule has 1 aliphatic rings. The lowest BCUT2D eigenvalue weighted by Crippen LogP contribution is -2.63. The van der Waals surface area contributed by atoms with Gasteiger partial charge in [-0.3, -0.25) is 24.0 Å². The van der Waals surface area contributed by atoms with E-state index in [2.05, 4.69) is 17.3 Å². The summed E-state index contributed by atoms with van der Waals surface area (Å²) < 4.78 is 60.2. The van der Waals surface area contributed by atoms with Crippen LogP contribution in [0.2, 0.25) is 0 Å². The predicted molar refractivity (Wildman–Crippen MR) is 221 cm³/mol. The summed E-state index contributed by atoms with van der Waals surface area (Å²) in [5.41, 5.74) is 0. The maximum atomic E-state index is 14.6. The molecule has 3 rings (SSSR count). The third kappa shape index (κ3) is 19.3. The molecule has 1 fully saturated rings. The number of ether oxygens (including phenoxy) is 6. The van der Waals surface area contributed by atoms with Crippen molar-refractivity contribution >= 4 is 37.5 Å². The van der Waals surface area contributed by atoms with Crippen LogP contribution in [0, 0.1) is 0 Å². The second-order valence-electron chi connectivity index (χ2n) is 14.6. The van der Waals surface area contributed by atoms with Gasteiger partial charge in [-0.15, -0.1) is 0 Å². The maximum absolute atomic E-state index is 14.6. The minimum absolute atomic E-state index is 0.181. The molecule has 334 valence electrons. The highest BCUT2D eigenvalue weighted by atomic mass is 31.2. The monoisotopic (exact) mass is 862 g/mol. The first-order chi connectivity index (χ1) is 28.8. The largest absolute Gasteiger partial charge is 0.513 e. The van der Waals surface area contributed by atoms with Crippen LogP contribution in [-0.2, 0) is 57.0 Å². The first-order valence-corrected chi connectivity index (χ1v) is 22.4. The molecule has 60 heavy (non-hydrogen) atoms. The van der Waals surface area contributed by atoms with Gasteiger partial charge in [0, 0.05) is 34.2 Å². The molecule has 2 aromatic carbocycles. The van der Waals surface area contributed by atoms with Crippen LogP contribution in [0.25, 0.3) is 0 Å². The summed E-state index contributed by atoms with van der Waals surface area (Å²) >= 11 is 0. The first-order valence-electron chi connectivity index (χ1n) is 20.9. The fourth-order valence-electron chi connectivity index (χ4n) is 6.49. The van der Waals surface area contributed by atoms with E-state index in [1.165, 1.54) is 51.4 Å². The fraction of sp³-hybridized carbons (Fsp3) is 0.605. The highest BCUT2D eigenvalue weighted by Gasteiger charge is 2.53. The number of nitrogens with one attached hydrogen (secondary N) is 2. The molecule has 0 spiro atoms. The van der Waals surface area contributed by atoms with Crippen molar-refractivity contribution in [3.05, 3.63) is 60.7 Å². The molecule has 1 saturated heterocycles. The Labute approximate surface area is 353 Å². The Morgan fingerprint density at radius 1 is 0.633 bits per heavy atom. The van der Waals surface area contributed by atoms with E-state index in [-0.39, 0.29) is 11.5 Å². The summed E-state index contributed by atoms with van der Waals surface area (Å²) in [5, 5.41) is 5.62. The Morgan fingerprint density at radius 3 is 1.58 bits per heavy atom. The summed E-state index contributed by atoms with van der Waals surface area (Å²) in [6.45, 7) is 5.89. The predicted octanol–water partition coefficient (Wildman–Crippen LogP) is 7.13. The van der Waals surface area contributed by atoms with Crippen LogP contribution in [0.5, 0.6) is 11.5 Å². The number of hydrogen-bond donors (Lipinski definition) is 2. The fourth-order valence-corrected chi connectivity index (χ4v) is 8.00. The van der Waals surface area contributed by atoms with Crippen LogP contribution in [0.15, 0.2) is 60.7 Å². The summed E-state index contributed by atoms with van der Waals surface area (Å²) in [7, 11) is -4.44. The Kier molecular flexibility index (Phi) is 22.7. The van der Waals surface area contributed by atoms with E-state index in [9.17, 15) is 28.5 Å². The number of rotatable bonds is 28. The highest BCUT2D eigenvalue weighted by Crippen LogP contribution is 2.45. The average molecular weight is 863 g/mol. The SMILES string of the molecule is CCCCCCCCCCCCCCNC(=O)C(CO[C@@H]1O[C@H](COC(C)=O)[C@H](OC(C)=O)[C@H](OC(C)=O)[C@H]1OC(C)=O)NP(=O)(Oc1ccccc1)Oc1ccccc1. The van der Waals surface area contributed by atoms with Gasteiger partial charge in [0.25, 0.3) is 0 Å². The summed E-state index contributed by atoms with van der Waals surface area (Å²) in [4.78, 5) is 62.7. The van der Waals surface area contributed by atoms with Crippen molar-refractivity contribution in [2.45, 2.75) is 148 Å². The maximum Gasteiger partial charge on any atom is 0.513 e. The van der Waals surface area contributed by atoms with Gasteiger partial charge in [0.1, 0.15) is 30.3 Å². The molecule has 6 atom stereocenters. The van der Waals surface area contributed by atoms with Crippen LogP contribution in [0.1, 0.15) is 112 Å². The summed E-state index contributed by atoms with van der Waals surface area (Å²) in [5.74, 6) is -3.41. The van der Waals surface area contributed by atoms with Crippen molar-refractivity contribution in [1.29, 1.82) is 0 Å². The van der Waals surface area contributed by atoms with Crippen LogP contribution in [0.4, 0.5) is 0 Å². The van der Waals surface area contributed by atoms with Gasteiger partial charge in [-0.05, 0) is 30.7 Å². The number of carbonyl (C=O) groups is 5. The summed E-state index contributed by atoms with van der Waals surface area (Å²) in [6, 6.07) is 15.0. The number of para-hydroxylation sites is 2. The van der Waals surface area contributed by atoms with Crippen molar-refractivity contribution in [3.63, 3.8) is 0 Å². The third-order valence-corrected chi connectivity index (χ3v) is 10.8. The number of amides is 1. The second kappa shape index (κ2) is 27.4. The molecule has 0 bridgehead atoms. The topological polar surface area (TPSA) is 200 Å². The van der Waals surface area contributed by atoms with Gasteiger partial charge >= 0.3 is 31.6 Å². The second-order valence-corrected chi connectivity index (χ2v) is 16.2. The van der Waals surface area contributed by atoms with Crippen molar-refractivity contribution in [3.8, 4) is 11.5 Å². The van der Waals surface area contributed by atoms with Gasteiger partial charge in [0.15, 0.2) is 24.6 Å². The zero-order valence-corrected chi connectivity index (χ0v) is 36.4. The van der Waals surface area contributed by atoms with Crippen molar-refractivity contribution in [2.24, 2.45) is 0 Å². The molecule has 1 amide bonds. The number of benzene rings is 2. The van der Waals surface area contributed by atoms with Crippen LogP contribution < -0.4 is 19.5 Å². The molecule has 16 nitrogen and oxygen atoms in total. The van der Waals surface area contributed by atoms with E-state index in [1.807, 2.05) is 0 Å². The van der Waals surface area contributed by atoms with Gasteiger partial charge in [-0.1, -0.05) is 114 Å². The number of hydrogen-bond acceptors (Lipinski definition) is 14. The molecule has 0 radical (unpaired) electrons. The summed E-state index contributed by atoms with van der Waals surface area (Å²) in [6.07, 6.45) is 6.37. The van der Waals surface area contributed by atoms with Crippen LogP contribution in [0.3, 0.4) is 0 Å². The molecule has 1 aliphatic heterocycles. The van der Waals surface area contributed by atoms with Crippen molar-refractivity contribution in [1.82, 2.24) is 10.4 Å². The normalized spacial score (nSPS) is 19.3. The zero-order chi connectivity index (χ0) is 43.8. The molecule has 0 aliphatic carbocycles. The molecule has 0 aromatic heterocycles. The minimum Gasteiger partial charge on any atom is -0.463 e. The lowest BCUT2D eigenvalue weighted by atomic mass is 9.98.